The Bertz CT molecular complexity index is 462. The number of hydrogen-bond acceptors (Lipinski definition) is 3. The zero-order chi connectivity index (χ0) is 15.2. The number of halogens is 1. The third kappa shape index (κ3) is 5.95. The summed E-state index contributed by atoms with van der Waals surface area (Å²) >= 11 is 0. The summed E-state index contributed by atoms with van der Waals surface area (Å²) in [6.07, 6.45) is 1.12. The lowest BCUT2D eigenvalue weighted by molar-refractivity contribution is -0.120. The summed E-state index contributed by atoms with van der Waals surface area (Å²) in [5.41, 5.74) is 2.35. The van der Waals surface area contributed by atoms with Crippen LogP contribution in [-0.4, -0.2) is 36.8 Å². The molecule has 124 valence electrons. The smallest absolute Gasteiger partial charge is 0.224 e. The lowest BCUT2D eigenvalue weighted by atomic mass is 10.0. The quantitative estimate of drug-likeness (QED) is 0.743. The first-order valence-electron chi connectivity index (χ1n) is 7.78. The van der Waals surface area contributed by atoms with Crippen LogP contribution in [0.5, 0.6) is 0 Å². The van der Waals surface area contributed by atoms with Gasteiger partial charge < -0.3 is 15.7 Å². The van der Waals surface area contributed by atoms with E-state index in [-0.39, 0.29) is 30.3 Å². The minimum Gasteiger partial charge on any atom is -0.391 e. The third-order valence-electron chi connectivity index (χ3n) is 3.90. The first-order chi connectivity index (χ1) is 10.0. The second kappa shape index (κ2) is 9.13. The Labute approximate surface area is 139 Å². The monoisotopic (exact) mass is 326 g/mol. The SMILES string of the molecule is CC(C)Cc1ccc(CC(=O)NCC2CNCC2O)cc1.Cl. The number of aliphatic hydroxyl groups is 1. The van der Waals surface area contributed by atoms with Gasteiger partial charge in [-0.1, -0.05) is 38.1 Å². The Morgan fingerprint density at radius 2 is 1.91 bits per heavy atom. The Balaban J connectivity index is 0.00000242. The molecule has 1 fully saturated rings. The average molecular weight is 327 g/mol. The molecule has 0 radical (unpaired) electrons. The van der Waals surface area contributed by atoms with Crippen molar-refractivity contribution in [2.45, 2.75) is 32.8 Å². The van der Waals surface area contributed by atoms with E-state index < -0.39 is 0 Å². The van der Waals surface area contributed by atoms with Crippen LogP contribution >= 0.6 is 12.4 Å². The molecule has 1 aromatic carbocycles. The molecular weight excluding hydrogens is 300 g/mol. The fourth-order valence-electron chi connectivity index (χ4n) is 2.68. The van der Waals surface area contributed by atoms with E-state index in [2.05, 4.69) is 36.6 Å². The molecule has 1 saturated heterocycles. The van der Waals surface area contributed by atoms with Crippen molar-refractivity contribution in [3.8, 4) is 0 Å². The van der Waals surface area contributed by atoms with Crippen LogP contribution in [0.4, 0.5) is 0 Å². The first-order valence-corrected chi connectivity index (χ1v) is 7.78. The number of amides is 1. The van der Waals surface area contributed by atoms with Crippen LogP contribution in [0.15, 0.2) is 24.3 Å². The highest BCUT2D eigenvalue weighted by Crippen LogP contribution is 2.11. The van der Waals surface area contributed by atoms with Gasteiger partial charge in [0.05, 0.1) is 12.5 Å². The van der Waals surface area contributed by atoms with Crippen LogP contribution in [0.3, 0.4) is 0 Å². The summed E-state index contributed by atoms with van der Waals surface area (Å²) in [4.78, 5) is 11.9. The number of β-amino-alcohol motifs (C(OH)–C–C–N with tert-alkyl or cyclic N) is 1. The molecule has 0 bridgehead atoms. The van der Waals surface area contributed by atoms with Crippen LogP contribution in [0.1, 0.15) is 25.0 Å². The van der Waals surface area contributed by atoms with Gasteiger partial charge >= 0.3 is 0 Å². The molecule has 4 nitrogen and oxygen atoms in total. The summed E-state index contributed by atoms with van der Waals surface area (Å²) in [5.74, 6) is 0.790. The molecule has 0 aliphatic carbocycles. The summed E-state index contributed by atoms with van der Waals surface area (Å²) in [7, 11) is 0. The zero-order valence-electron chi connectivity index (χ0n) is 13.3. The molecule has 1 amide bonds. The number of rotatable bonds is 6. The molecule has 1 aliphatic heterocycles. The molecule has 0 spiro atoms. The number of aliphatic hydroxyl groups excluding tert-OH is 1. The van der Waals surface area contributed by atoms with Gasteiger partial charge in [-0.25, -0.2) is 0 Å². The largest absolute Gasteiger partial charge is 0.391 e. The molecule has 0 aromatic heterocycles. The molecule has 3 N–H and O–H groups in total. The van der Waals surface area contributed by atoms with Gasteiger partial charge in [-0.05, 0) is 23.5 Å². The number of carbonyl (C=O) groups is 1. The minimum atomic E-state index is -0.347. The van der Waals surface area contributed by atoms with Gasteiger partial charge in [-0.3, -0.25) is 4.79 Å². The van der Waals surface area contributed by atoms with Crippen LogP contribution in [0, 0.1) is 11.8 Å². The van der Waals surface area contributed by atoms with Gasteiger partial charge in [-0.15, -0.1) is 12.4 Å². The molecule has 1 aliphatic rings. The van der Waals surface area contributed by atoms with E-state index in [4.69, 9.17) is 0 Å². The molecule has 0 saturated carbocycles. The Morgan fingerprint density at radius 3 is 2.45 bits per heavy atom. The van der Waals surface area contributed by atoms with Crippen molar-refractivity contribution in [3.05, 3.63) is 35.4 Å². The number of carbonyl (C=O) groups excluding carboxylic acids is 1. The number of hydrogen-bond donors (Lipinski definition) is 3. The standard InChI is InChI=1S/C17H26N2O2.ClH/c1-12(2)7-13-3-5-14(6-4-13)8-17(21)19-10-15-9-18-11-16(15)20;/h3-6,12,15-16,18,20H,7-11H2,1-2H3,(H,19,21);1H. The van der Waals surface area contributed by atoms with Crippen LogP contribution in [0.25, 0.3) is 0 Å². The van der Waals surface area contributed by atoms with E-state index in [1.165, 1.54) is 5.56 Å². The topological polar surface area (TPSA) is 61.4 Å². The highest BCUT2D eigenvalue weighted by atomic mass is 35.5. The molecule has 1 aromatic rings. The van der Waals surface area contributed by atoms with Crippen molar-refractivity contribution in [2.75, 3.05) is 19.6 Å². The normalized spacial score (nSPS) is 20.7. The van der Waals surface area contributed by atoms with E-state index in [0.29, 0.717) is 25.4 Å². The van der Waals surface area contributed by atoms with Gasteiger partial charge in [0.25, 0.3) is 0 Å². The fraction of sp³-hybridized carbons (Fsp3) is 0.588. The van der Waals surface area contributed by atoms with E-state index >= 15 is 0 Å². The molecule has 2 atom stereocenters. The van der Waals surface area contributed by atoms with E-state index in [0.717, 1.165) is 18.5 Å². The molecule has 1 heterocycles. The second-order valence-corrected chi connectivity index (χ2v) is 6.38. The number of benzene rings is 1. The first kappa shape index (κ1) is 18.9. The predicted molar refractivity (Wildman–Crippen MR) is 91.3 cm³/mol. The lowest BCUT2D eigenvalue weighted by Gasteiger charge is -2.14. The molecule has 2 unspecified atom stereocenters. The van der Waals surface area contributed by atoms with Gasteiger partial charge in [-0.2, -0.15) is 0 Å². The van der Waals surface area contributed by atoms with E-state index in [1.54, 1.807) is 0 Å². The van der Waals surface area contributed by atoms with Crippen molar-refractivity contribution in [1.82, 2.24) is 10.6 Å². The third-order valence-corrected chi connectivity index (χ3v) is 3.90. The molecule has 2 rings (SSSR count). The number of nitrogens with one attached hydrogen (secondary N) is 2. The highest BCUT2D eigenvalue weighted by Gasteiger charge is 2.24. The van der Waals surface area contributed by atoms with E-state index in [9.17, 15) is 9.90 Å². The summed E-state index contributed by atoms with van der Waals surface area (Å²) < 4.78 is 0. The van der Waals surface area contributed by atoms with Crippen LogP contribution in [0.2, 0.25) is 0 Å². The Kier molecular flexibility index (Phi) is 7.87. The van der Waals surface area contributed by atoms with Gasteiger partial charge in [0.2, 0.25) is 5.91 Å². The van der Waals surface area contributed by atoms with Crippen molar-refractivity contribution >= 4 is 18.3 Å². The molecule has 5 heteroatoms. The Morgan fingerprint density at radius 1 is 1.27 bits per heavy atom. The highest BCUT2D eigenvalue weighted by molar-refractivity contribution is 5.85. The maximum atomic E-state index is 11.9. The van der Waals surface area contributed by atoms with Crippen molar-refractivity contribution in [1.29, 1.82) is 0 Å². The maximum Gasteiger partial charge on any atom is 0.224 e. The summed E-state index contributed by atoms with van der Waals surface area (Å²) in [6, 6.07) is 8.27. The van der Waals surface area contributed by atoms with Crippen molar-refractivity contribution in [2.24, 2.45) is 11.8 Å². The van der Waals surface area contributed by atoms with Crippen LogP contribution < -0.4 is 10.6 Å². The second-order valence-electron chi connectivity index (χ2n) is 6.38. The minimum absolute atomic E-state index is 0. The molecular formula is C17H27ClN2O2. The van der Waals surface area contributed by atoms with Gasteiger partial charge in [0.15, 0.2) is 0 Å². The van der Waals surface area contributed by atoms with Gasteiger partial charge in [0, 0.05) is 25.6 Å². The van der Waals surface area contributed by atoms with Crippen LogP contribution in [-0.2, 0) is 17.6 Å². The zero-order valence-corrected chi connectivity index (χ0v) is 14.2. The average Bonchev–Trinajstić information content (AvgIpc) is 2.84. The van der Waals surface area contributed by atoms with Gasteiger partial charge in [0.1, 0.15) is 0 Å². The lowest BCUT2D eigenvalue weighted by Crippen LogP contribution is -2.35. The van der Waals surface area contributed by atoms with E-state index in [1.807, 2.05) is 12.1 Å². The predicted octanol–water partition coefficient (Wildman–Crippen LogP) is 1.55. The Hall–Kier alpha value is -1.10. The summed E-state index contributed by atoms with van der Waals surface area (Å²) in [6.45, 7) is 6.34. The maximum absolute atomic E-state index is 11.9. The fourth-order valence-corrected chi connectivity index (χ4v) is 2.68. The van der Waals surface area contributed by atoms with Crippen molar-refractivity contribution < 1.29 is 9.90 Å². The van der Waals surface area contributed by atoms with Crippen molar-refractivity contribution in [3.63, 3.8) is 0 Å². The summed E-state index contributed by atoms with van der Waals surface area (Å²) in [5, 5.41) is 15.7. The molecule has 22 heavy (non-hydrogen) atoms.